The van der Waals surface area contributed by atoms with E-state index in [0.29, 0.717) is 18.8 Å². The van der Waals surface area contributed by atoms with Gasteiger partial charge in [-0.15, -0.1) is 0 Å². The van der Waals surface area contributed by atoms with Crippen LogP contribution in [0.2, 0.25) is 0 Å². The molecule has 1 aromatic rings. The van der Waals surface area contributed by atoms with Gasteiger partial charge in [-0.2, -0.15) is 0 Å². The molecular formula is C61H99N5O31. The predicted molar refractivity (Wildman–Crippen MR) is 326 cm³/mol. The number of nitrogens with one attached hydrogen (secondary N) is 5. The number of carbonyl (C=O) groups excluding carboxylic acids is 5. The zero-order chi connectivity index (χ0) is 71.0. The lowest BCUT2D eigenvalue weighted by Crippen LogP contribution is -2.69. The maximum Gasteiger partial charge on any atom is 0.251 e. The zero-order valence-electron chi connectivity index (χ0n) is 54.7. The first kappa shape index (κ1) is 81.1. The topological polar surface area (TPSA) is 532 Å². The molecule has 5 aliphatic rings. The van der Waals surface area contributed by atoms with E-state index in [2.05, 4.69) is 45.7 Å². The highest BCUT2D eigenvalue weighted by molar-refractivity contribution is 5.94. The molecule has 14 unspecified atom stereocenters. The summed E-state index contributed by atoms with van der Waals surface area (Å²) in [5.41, 5.74) is 0.0517. The highest BCUT2D eigenvalue weighted by Crippen LogP contribution is 2.37. The fraction of sp³-hybridized carbons (Fsp3) is 0.787. The number of rotatable bonds is 41. The molecule has 0 saturated carbocycles. The number of aliphatic hydroxyl groups is 13. The molecule has 1 aromatic carbocycles. The highest BCUT2D eigenvalue weighted by Gasteiger charge is 2.58. The Morgan fingerprint density at radius 1 is 0.546 bits per heavy atom. The monoisotopic (exact) mass is 1400 g/mol. The summed E-state index contributed by atoms with van der Waals surface area (Å²) in [5, 5.41) is 155. The third-order valence-corrected chi connectivity index (χ3v) is 16.3. The van der Waals surface area contributed by atoms with Gasteiger partial charge in [0.15, 0.2) is 44.0 Å². The van der Waals surface area contributed by atoms with Crippen LogP contribution >= 0.6 is 0 Å². The molecule has 6 rings (SSSR count). The smallest absolute Gasteiger partial charge is 0.251 e. The number of ether oxygens (including phenoxy) is 13. The molecule has 0 aliphatic carbocycles. The molecule has 0 aromatic heterocycles. The maximum absolute atomic E-state index is 13.9. The number of epoxide rings is 1. The number of amides is 5. The van der Waals surface area contributed by atoms with E-state index in [9.17, 15) is 90.4 Å². The third kappa shape index (κ3) is 23.9. The summed E-state index contributed by atoms with van der Waals surface area (Å²) < 4.78 is 76.6. The van der Waals surface area contributed by atoms with E-state index in [4.69, 9.17) is 61.6 Å². The summed E-state index contributed by atoms with van der Waals surface area (Å²) in [6, 6.07) is 1.03. The fourth-order valence-corrected chi connectivity index (χ4v) is 11.1. The number of carbonyl (C=O) groups is 5. The first-order valence-electron chi connectivity index (χ1n) is 32.4. The van der Waals surface area contributed by atoms with Crippen LogP contribution in [0, 0.1) is 0 Å². The van der Waals surface area contributed by atoms with Crippen LogP contribution in [0.25, 0.3) is 0 Å². The molecule has 5 aliphatic heterocycles. The lowest BCUT2D eigenvalue weighted by molar-refractivity contribution is -0.345. The van der Waals surface area contributed by atoms with Gasteiger partial charge in [-0.1, -0.05) is 44.4 Å². The van der Waals surface area contributed by atoms with E-state index < -0.39 is 249 Å². The molecule has 36 nitrogen and oxygen atoms in total. The number of aliphatic hydroxyl groups excluding tert-OH is 13. The number of hydrogen-bond acceptors (Lipinski definition) is 31. The molecule has 97 heavy (non-hydrogen) atoms. The molecule has 36 heteroatoms. The summed E-state index contributed by atoms with van der Waals surface area (Å²) in [5.74, 6) is -3.30. The SMILES string of the molecule is CCCCCC/C=C\CCCOc1cccc(C(=O)NC2C(O)[C@H](O)C(CO)O[C@H]2O[C@@H]2C(CO)O[C@@H](O[C@@H](CO)C(CO)O[C@H](CNC(C)=O)O[C@@H]3C(CO)O[C@@H](O[C@@H](CO)C(CO[C@@H]4OC5O[C@H]5C(O)C4O)O[C@@H](O)CNC(C)=O)C(NC(C)=O)C3O)C(NC(C)=O)C2O)c1. The Kier molecular flexibility index (Phi) is 33.9. The number of benzene rings is 1. The molecule has 554 valence electrons. The van der Waals surface area contributed by atoms with E-state index in [-0.39, 0.29) is 5.56 Å². The van der Waals surface area contributed by atoms with Crippen LogP contribution in [0.15, 0.2) is 36.4 Å². The first-order chi connectivity index (χ1) is 46.4. The van der Waals surface area contributed by atoms with Crippen molar-refractivity contribution in [3.05, 3.63) is 42.0 Å². The van der Waals surface area contributed by atoms with Crippen LogP contribution in [0.5, 0.6) is 5.75 Å². The largest absolute Gasteiger partial charge is 0.494 e. The van der Waals surface area contributed by atoms with Crippen LogP contribution < -0.4 is 31.3 Å². The van der Waals surface area contributed by atoms with Crippen molar-refractivity contribution >= 4 is 29.5 Å². The molecule has 5 amide bonds. The number of fused-ring (bicyclic) bond motifs is 1. The van der Waals surface area contributed by atoms with Crippen molar-refractivity contribution in [1.29, 1.82) is 0 Å². The van der Waals surface area contributed by atoms with Crippen LogP contribution in [0.1, 0.15) is 89.9 Å². The second kappa shape index (κ2) is 40.5. The quantitative estimate of drug-likeness (QED) is 0.0125. The van der Waals surface area contributed by atoms with Gasteiger partial charge in [-0.25, -0.2) is 0 Å². The van der Waals surface area contributed by atoms with Crippen LogP contribution in [0.3, 0.4) is 0 Å². The number of allylic oxidation sites excluding steroid dienone is 2. The molecule has 0 spiro atoms. The van der Waals surface area contributed by atoms with Crippen molar-refractivity contribution in [3.8, 4) is 5.75 Å². The molecule has 5 fully saturated rings. The van der Waals surface area contributed by atoms with Crippen molar-refractivity contribution in [2.75, 3.05) is 65.9 Å². The molecule has 26 atom stereocenters. The van der Waals surface area contributed by atoms with Gasteiger partial charge in [-0.3, -0.25) is 24.0 Å². The lowest BCUT2D eigenvalue weighted by atomic mass is 9.94. The maximum atomic E-state index is 13.9. The summed E-state index contributed by atoms with van der Waals surface area (Å²) in [6.45, 7) is -0.951. The first-order valence-corrected chi connectivity index (χ1v) is 32.4. The van der Waals surface area contributed by atoms with Gasteiger partial charge >= 0.3 is 0 Å². The minimum absolute atomic E-state index is 0.0517. The van der Waals surface area contributed by atoms with Crippen LogP contribution in [0.4, 0.5) is 0 Å². The molecule has 5 saturated heterocycles. The summed E-state index contributed by atoms with van der Waals surface area (Å²) in [7, 11) is 0. The molecule has 18 N–H and O–H groups in total. The molecule has 0 bridgehead atoms. The standard InChI is InChI=1S/C61H99N5O31/c1-6-7-8-9-10-11-12-13-14-18-85-34-17-15-16-33(19-34)56(84)66-44-48(79)47(78)38(25-70)91-59(44)95-54-40(27-72)93-57(46(50(54)81)65-32(5)76)89-36(23-68)35(22-67)88-43(21-63-30(3)74)94-53-39(26-71)92-58(45(49(53)80)64-31(4)75)90-37(24-69)41(87-42(77)20-62-29(2)73)28-86-60-52(83)51(82)55-61(96-55)97-60/h11-12,15-17,19,35-55,57-61,67-72,77-83H,6-10,13-14,18,20-28H2,1-5H3,(H,62,73)(H,63,74)(H,64,75)(H,65,76)(H,66,84)/b12-11-/t35?,36-,37-,38?,39?,40?,41?,42+,43-,44?,45?,46?,47+,48?,49?,50?,51?,52?,53+,54+,55-,57+,58+,59-,60+,61?/m0/s1. The fourth-order valence-electron chi connectivity index (χ4n) is 11.1. The summed E-state index contributed by atoms with van der Waals surface area (Å²) in [6.07, 6.45) is -27.1. The zero-order valence-corrected chi connectivity index (χ0v) is 54.7. The highest BCUT2D eigenvalue weighted by atomic mass is 16.8. The van der Waals surface area contributed by atoms with Gasteiger partial charge in [0.05, 0.1) is 65.9 Å². The molecular weight excluding hydrogens is 1300 g/mol. The Balaban J connectivity index is 1.17. The van der Waals surface area contributed by atoms with Crippen LogP contribution in [-0.4, -0.2) is 322 Å². The lowest BCUT2D eigenvalue weighted by Gasteiger charge is -2.48. The van der Waals surface area contributed by atoms with E-state index in [0.717, 1.165) is 53.4 Å². The van der Waals surface area contributed by atoms with Gasteiger partial charge in [0.1, 0.15) is 122 Å². The van der Waals surface area contributed by atoms with Gasteiger partial charge in [0.25, 0.3) is 5.91 Å². The summed E-state index contributed by atoms with van der Waals surface area (Å²) >= 11 is 0. The minimum atomic E-state index is -2.00. The van der Waals surface area contributed by atoms with Crippen molar-refractivity contribution in [2.45, 2.75) is 239 Å². The molecule has 0 radical (unpaired) electrons. The van der Waals surface area contributed by atoms with E-state index in [1.54, 1.807) is 12.1 Å². The van der Waals surface area contributed by atoms with E-state index in [1.807, 2.05) is 0 Å². The number of hydrogen-bond donors (Lipinski definition) is 18. The van der Waals surface area contributed by atoms with E-state index >= 15 is 0 Å². The average Bonchev–Trinajstić information content (AvgIpc) is 1.76. The number of unbranched alkanes of at least 4 members (excludes halogenated alkanes) is 5. The second-order valence-corrected chi connectivity index (χ2v) is 23.9. The van der Waals surface area contributed by atoms with Crippen LogP contribution in [-0.2, 0) is 76.0 Å². The van der Waals surface area contributed by atoms with Crippen molar-refractivity contribution in [3.63, 3.8) is 0 Å². The Morgan fingerprint density at radius 3 is 1.70 bits per heavy atom. The summed E-state index contributed by atoms with van der Waals surface area (Å²) in [4.78, 5) is 63.6. The minimum Gasteiger partial charge on any atom is -0.494 e. The Labute approximate surface area is 559 Å². The average molecular weight is 1400 g/mol. The van der Waals surface area contributed by atoms with Gasteiger partial charge in [0.2, 0.25) is 23.6 Å². The van der Waals surface area contributed by atoms with Crippen molar-refractivity contribution in [2.24, 2.45) is 0 Å². The third-order valence-electron chi connectivity index (χ3n) is 16.3. The second-order valence-electron chi connectivity index (χ2n) is 23.9. The van der Waals surface area contributed by atoms with Crippen molar-refractivity contribution in [1.82, 2.24) is 26.6 Å². The van der Waals surface area contributed by atoms with Gasteiger partial charge in [-0.05, 0) is 43.9 Å². The van der Waals surface area contributed by atoms with E-state index in [1.165, 1.54) is 25.0 Å². The normalized spacial score (nSPS) is 32.9. The predicted octanol–water partition coefficient (Wildman–Crippen LogP) is -6.90. The van der Waals surface area contributed by atoms with Gasteiger partial charge < -0.3 is 155 Å². The van der Waals surface area contributed by atoms with Crippen molar-refractivity contribution < 1.29 is 152 Å². The van der Waals surface area contributed by atoms with Gasteiger partial charge in [0, 0.05) is 33.3 Å². The Bertz CT molecular complexity index is 2590. The molecule has 5 heterocycles. The Morgan fingerprint density at radius 2 is 1.11 bits per heavy atom. The Hall–Kier alpha value is -4.89.